The van der Waals surface area contributed by atoms with Gasteiger partial charge in [-0.1, -0.05) is 6.07 Å². The summed E-state index contributed by atoms with van der Waals surface area (Å²) in [5, 5.41) is 2.73. The topological polar surface area (TPSA) is 102 Å². The van der Waals surface area contributed by atoms with E-state index in [0.717, 1.165) is 24.0 Å². The Hall–Kier alpha value is -2.87. The summed E-state index contributed by atoms with van der Waals surface area (Å²) in [6.07, 6.45) is 1.92. The first kappa shape index (κ1) is 19.9. The summed E-state index contributed by atoms with van der Waals surface area (Å²) in [7, 11) is -3.73. The molecular formula is C20H22N2O5S. The van der Waals surface area contributed by atoms with Crippen LogP contribution >= 0.6 is 0 Å². The number of nitrogens with one attached hydrogen (secondary N) is 2. The average molecular weight is 402 g/mol. The lowest BCUT2D eigenvalue weighted by Crippen LogP contribution is -2.30. The lowest BCUT2D eigenvalue weighted by atomic mass is 10.1. The number of esters is 1. The van der Waals surface area contributed by atoms with Crippen LogP contribution in [0, 0.1) is 13.8 Å². The lowest BCUT2D eigenvalue weighted by molar-refractivity contribution is -0.124. The standard InChI is InChI=1S/C20H22N2O5S/c1-13-3-10-18(11-14(13)2)28(25,26)22-17-6-4-15(5-7-17)20(24)27-12-19(23)21-16-8-9-16/h3-7,10-11,16,22H,8-9,12H2,1-2H3,(H,21,23). The first-order valence-electron chi connectivity index (χ1n) is 8.91. The van der Waals surface area contributed by atoms with Crippen molar-refractivity contribution in [2.75, 3.05) is 11.3 Å². The van der Waals surface area contributed by atoms with Gasteiger partial charge in [0.25, 0.3) is 15.9 Å². The van der Waals surface area contributed by atoms with Crippen molar-refractivity contribution in [1.82, 2.24) is 5.32 Å². The van der Waals surface area contributed by atoms with Crippen LogP contribution in [0.5, 0.6) is 0 Å². The highest BCUT2D eigenvalue weighted by molar-refractivity contribution is 7.92. The molecule has 0 saturated heterocycles. The molecule has 1 aliphatic rings. The Morgan fingerprint density at radius 1 is 1.04 bits per heavy atom. The summed E-state index contributed by atoms with van der Waals surface area (Å²) in [6.45, 7) is 3.42. The van der Waals surface area contributed by atoms with Gasteiger partial charge in [0.05, 0.1) is 10.5 Å². The summed E-state index contributed by atoms with van der Waals surface area (Å²) in [5.74, 6) is -0.969. The van der Waals surface area contributed by atoms with Crippen molar-refractivity contribution in [3.63, 3.8) is 0 Å². The molecule has 0 unspecified atom stereocenters. The molecule has 0 aliphatic heterocycles. The molecule has 7 nitrogen and oxygen atoms in total. The highest BCUT2D eigenvalue weighted by Crippen LogP contribution is 2.20. The minimum Gasteiger partial charge on any atom is -0.452 e. The summed E-state index contributed by atoms with van der Waals surface area (Å²) >= 11 is 0. The quantitative estimate of drug-likeness (QED) is 0.693. The number of hydrogen-bond donors (Lipinski definition) is 2. The Balaban J connectivity index is 1.60. The molecule has 0 aromatic heterocycles. The third-order valence-corrected chi connectivity index (χ3v) is 5.82. The summed E-state index contributed by atoms with van der Waals surface area (Å²) in [5.41, 5.74) is 2.44. The largest absolute Gasteiger partial charge is 0.452 e. The molecule has 28 heavy (non-hydrogen) atoms. The van der Waals surface area contributed by atoms with E-state index in [1.807, 2.05) is 13.8 Å². The number of amides is 1. The maximum absolute atomic E-state index is 12.5. The molecule has 1 saturated carbocycles. The maximum atomic E-state index is 12.5. The number of sulfonamides is 1. The number of rotatable bonds is 7. The summed E-state index contributed by atoms with van der Waals surface area (Å²) in [6, 6.07) is 10.9. The third-order valence-electron chi connectivity index (χ3n) is 4.44. The van der Waals surface area contributed by atoms with Crippen LogP contribution in [0.4, 0.5) is 5.69 Å². The van der Waals surface area contributed by atoms with Gasteiger partial charge in [0, 0.05) is 11.7 Å². The van der Waals surface area contributed by atoms with Crippen LogP contribution in [-0.4, -0.2) is 32.9 Å². The molecule has 3 rings (SSSR count). The maximum Gasteiger partial charge on any atom is 0.338 e. The highest BCUT2D eigenvalue weighted by atomic mass is 32.2. The Kier molecular flexibility index (Phi) is 5.69. The fraction of sp³-hybridized carbons (Fsp3) is 0.300. The van der Waals surface area contributed by atoms with Crippen LogP contribution in [0.1, 0.15) is 34.3 Å². The van der Waals surface area contributed by atoms with E-state index < -0.39 is 16.0 Å². The Morgan fingerprint density at radius 2 is 1.71 bits per heavy atom. The number of hydrogen-bond acceptors (Lipinski definition) is 5. The molecular weight excluding hydrogens is 380 g/mol. The second kappa shape index (κ2) is 8.02. The number of anilines is 1. The Morgan fingerprint density at radius 3 is 2.32 bits per heavy atom. The van der Waals surface area contributed by atoms with Gasteiger partial charge in [0.2, 0.25) is 0 Å². The monoisotopic (exact) mass is 402 g/mol. The van der Waals surface area contributed by atoms with Crippen molar-refractivity contribution in [2.24, 2.45) is 0 Å². The minimum atomic E-state index is -3.73. The fourth-order valence-corrected chi connectivity index (χ4v) is 3.62. The van der Waals surface area contributed by atoms with Gasteiger partial charge in [-0.25, -0.2) is 13.2 Å². The lowest BCUT2D eigenvalue weighted by Gasteiger charge is -2.10. The molecule has 2 aromatic rings. The number of carbonyl (C=O) groups is 2. The van der Waals surface area contributed by atoms with Crippen molar-refractivity contribution >= 4 is 27.6 Å². The van der Waals surface area contributed by atoms with Crippen LogP contribution in [0.15, 0.2) is 47.4 Å². The second-order valence-electron chi connectivity index (χ2n) is 6.85. The average Bonchev–Trinajstić information content (AvgIpc) is 3.46. The number of benzene rings is 2. The van der Waals surface area contributed by atoms with E-state index in [1.54, 1.807) is 18.2 Å². The van der Waals surface area contributed by atoms with Gasteiger partial charge < -0.3 is 10.1 Å². The minimum absolute atomic E-state index is 0.167. The zero-order valence-electron chi connectivity index (χ0n) is 15.7. The van der Waals surface area contributed by atoms with E-state index in [9.17, 15) is 18.0 Å². The van der Waals surface area contributed by atoms with Crippen LogP contribution in [0.3, 0.4) is 0 Å². The van der Waals surface area contributed by atoms with Gasteiger partial charge in [-0.05, 0) is 74.2 Å². The van der Waals surface area contributed by atoms with E-state index in [4.69, 9.17) is 4.74 Å². The number of aryl methyl sites for hydroxylation is 2. The number of ether oxygens (including phenoxy) is 1. The molecule has 0 atom stereocenters. The third kappa shape index (κ3) is 5.10. The second-order valence-corrected chi connectivity index (χ2v) is 8.53. The molecule has 2 aromatic carbocycles. The van der Waals surface area contributed by atoms with Crippen molar-refractivity contribution in [1.29, 1.82) is 0 Å². The van der Waals surface area contributed by atoms with Gasteiger partial charge in [-0.2, -0.15) is 0 Å². The van der Waals surface area contributed by atoms with Crippen LogP contribution in [0.2, 0.25) is 0 Å². The Labute approximate surface area is 164 Å². The molecule has 1 amide bonds. The van der Waals surface area contributed by atoms with Gasteiger partial charge in [-0.3, -0.25) is 9.52 Å². The predicted molar refractivity (Wildman–Crippen MR) is 105 cm³/mol. The van der Waals surface area contributed by atoms with E-state index in [2.05, 4.69) is 10.0 Å². The zero-order valence-corrected chi connectivity index (χ0v) is 16.5. The zero-order chi connectivity index (χ0) is 20.3. The van der Waals surface area contributed by atoms with E-state index in [0.29, 0.717) is 5.69 Å². The van der Waals surface area contributed by atoms with E-state index in [-0.39, 0.29) is 29.0 Å². The van der Waals surface area contributed by atoms with Gasteiger partial charge >= 0.3 is 5.97 Å². The van der Waals surface area contributed by atoms with Crippen molar-refractivity contribution in [3.8, 4) is 0 Å². The normalized spacial score (nSPS) is 13.6. The first-order valence-corrected chi connectivity index (χ1v) is 10.4. The van der Waals surface area contributed by atoms with Crippen LogP contribution in [0.25, 0.3) is 0 Å². The van der Waals surface area contributed by atoms with E-state index in [1.165, 1.54) is 24.3 Å². The van der Waals surface area contributed by atoms with Gasteiger partial charge in [0.15, 0.2) is 6.61 Å². The predicted octanol–water partition coefficient (Wildman–Crippen LogP) is 2.54. The van der Waals surface area contributed by atoms with Gasteiger partial charge in [0.1, 0.15) is 0 Å². The molecule has 2 N–H and O–H groups in total. The molecule has 1 aliphatic carbocycles. The summed E-state index contributed by atoms with van der Waals surface area (Å²) < 4.78 is 32.5. The first-order chi connectivity index (χ1) is 13.2. The highest BCUT2D eigenvalue weighted by Gasteiger charge is 2.23. The van der Waals surface area contributed by atoms with Crippen molar-refractivity contribution in [3.05, 3.63) is 59.2 Å². The van der Waals surface area contributed by atoms with Crippen LogP contribution in [-0.2, 0) is 19.6 Å². The number of carbonyl (C=O) groups excluding carboxylic acids is 2. The molecule has 148 valence electrons. The Bertz CT molecular complexity index is 996. The molecule has 0 bridgehead atoms. The summed E-state index contributed by atoms with van der Waals surface area (Å²) in [4.78, 5) is 23.7. The van der Waals surface area contributed by atoms with E-state index >= 15 is 0 Å². The SMILES string of the molecule is Cc1ccc(S(=O)(=O)Nc2ccc(C(=O)OCC(=O)NC3CC3)cc2)cc1C. The molecule has 8 heteroatoms. The molecule has 0 radical (unpaired) electrons. The molecule has 1 fully saturated rings. The van der Waals surface area contributed by atoms with Crippen molar-refractivity contribution < 1.29 is 22.7 Å². The molecule has 0 spiro atoms. The molecule has 0 heterocycles. The fourth-order valence-electron chi connectivity index (χ4n) is 2.48. The smallest absolute Gasteiger partial charge is 0.338 e. The van der Waals surface area contributed by atoms with Gasteiger partial charge in [-0.15, -0.1) is 0 Å². The van der Waals surface area contributed by atoms with Crippen molar-refractivity contribution in [2.45, 2.75) is 37.6 Å². The van der Waals surface area contributed by atoms with Crippen LogP contribution < -0.4 is 10.0 Å².